The fourth-order valence-corrected chi connectivity index (χ4v) is 2.04. The summed E-state index contributed by atoms with van der Waals surface area (Å²) in [5.74, 6) is 0.117. The van der Waals surface area contributed by atoms with Gasteiger partial charge in [0.15, 0.2) is 6.61 Å². The third-order valence-corrected chi connectivity index (χ3v) is 3.29. The Hall–Kier alpha value is -2.84. The van der Waals surface area contributed by atoms with Crippen LogP contribution in [0.2, 0.25) is 5.02 Å². The van der Waals surface area contributed by atoms with Crippen LogP contribution in [-0.4, -0.2) is 18.2 Å². The lowest BCUT2D eigenvalue weighted by atomic mass is 10.1. The molecule has 116 valence electrons. The van der Waals surface area contributed by atoms with Crippen molar-refractivity contribution in [1.82, 2.24) is 5.43 Å². The van der Waals surface area contributed by atoms with Crippen molar-refractivity contribution in [2.75, 3.05) is 6.61 Å². The second kappa shape index (κ2) is 7.97. The number of amides is 1. The van der Waals surface area contributed by atoms with Gasteiger partial charge in [0.25, 0.3) is 5.91 Å². The van der Waals surface area contributed by atoms with Gasteiger partial charge in [-0.25, -0.2) is 5.43 Å². The molecule has 0 heterocycles. The van der Waals surface area contributed by atoms with Crippen LogP contribution in [0, 0.1) is 11.3 Å². The topological polar surface area (TPSA) is 74.5 Å². The number of carbonyl (C=O) groups excluding carboxylic acids is 1. The first-order valence-electron chi connectivity index (χ1n) is 6.81. The van der Waals surface area contributed by atoms with Crippen LogP contribution in [0.25, 0.3) is 0 Å². The standard InChI is InChI=1S/C17H14ClN3O2/c1-12(15-4-2-3-5-16(15)18)20-21-17(22)11-23-14-8-6-13(10-19)7-9-14/h2-9H,11H2,1H3,(H,21,22)/b20-12-. The molecule has 2 aromatic rings. The van der Waals surface area contributed by atoms with E-state index in [0.717, 1.165) is 5.56 Å². The van der Waals surface area contributed by atoms with Crippen LogP contribution in [0.1, 0.15) is 18.1 Å². The molecule has 0 bridgehead atoms. The molecule has 0 fully saturated rings. The van der Waals surface area contributed by atoms with Gasteiger partial charge in [-0.2, -0.15) is 10.4 Å². The van der Waals surface area contributed by atoms with Crippen LogP contribution in [0.15, 0.2) is 53.6 Å². The monoisotopic (exact) mass is 327 g/mol. The molecular weight excluding hydrogens is 314 g/mol. The van der Waals surface area contributed by atoms with E-state index in [0.29, 0.717) is 22.0 Å². The van der Waals surface area contributed by atoms with Crippen LogP contribution in [0.3, 0.4) is 0 Å². The Labute approximate surface area is 139 Å². The highest BCUT2D eigenvalue weighted by Gasteiger charge is 2.05. The first-order chi connectivity index (χ1) is 11.1. The largest absolute Gasteiger partial charge is 0.484 e. The third-order valence-electron chi connectivity index (χ3n) is 2.97. The molecule has 5 nitrogen and oxygen atoms in total. The van der Waals surface area contributed by atoms with Crippen LogP contribution >= 0.6 is 11.6 Å². The molecule has 0 saturated heterocycles. The number of nitrogens with one attached hydrogen (secondary N) is 1. The van der Waals surface area contributed by atoms with Crippen molar-refractivity contribution < 1.29 is 9.53 Å². The third kappa shape index (κ3) is 4.83. The normalized spacial score (nSPS) is 10.7. The minimum absolute atomic E-state index is 0.175. The lowest BCUT2D eigenvalue weighted by Gasteiger charge is -2.06. The van der Waals surface area contributed by atoms with E-state index >= 15 is 0 Å². The maximum Gasteiger partial charge on any atom is 0.277 e. The number of halogens is 1. The SMILES string of the molecule is C/C(=N/NC(=O)COc1ccc(C#N)cc1)c1ccccc1Cl. The summed E-state index contributed by atoms with van der Waals surface area (Å²) in [5.41, 5.74) is 4.30. The fraction of sp³-hybridized carbons (Fsp3) is 0.118. The summed E-state index contributed by atoms with van der Waals surface area (Å²) < 4.78 is 5.31. The zero-order valence-corrected chi connectivity index (χ0v) is 13.2. The summed E-state index contributed by atoms with van der Waals surface area (Å²) >= 11 is 6.06. The van der Waals surface area contributed by atoms with Gasteiger partial charge in [-0.15, -0.1) is 0 Å². The van der Waals surface area contributed by atoms with Gasteiger partial charge in [0, 0.05) is 10.6 Å². The highest BCUT2D eigenvalue weighted by Crippen LogP contribution is 2.15. The summed E-state index contributed by atoms with van der Waals surface area (Å²) in [4.78, 5) is 11.7. The smallest absolute Gasteiger partial charge is 0.277 e. The Bertz CT molecular complexity index is 764. The molecule has 1 amide bonds. The quantitative estimate of drug-likeness (QED) is 0.677. The molecule has 0 aliphatic rings. The van der Waals surface area contributed by atoms with Crippen molar-refractivity contribution >= 4 is 23.2 Å². The van der Waals surface area contributed by atoms with E-state index in [2.05, 4.69) is 10.5 Å². The first kappa shape index (κ1) is 16.5. The second-order valence-corrected chi connectivity index (χ2v) is 5.04. The Morgan fingerprint density at radius 2 is 1.96 bits per heavy atom. The van der Waals surface area contributed by atoms with Crippen molar-refractivity contribution in [2.24, 2.45) is 5.10 Å². The molecule has 0 spiro atoms. The molecule has 6 heteroatoms. The van der Waals surface area contributed by atoms with Crippen molar-refractivity contribution in [3.05, 3.63) is 64.7 Å². The molecule has 0 saturated carbocycles. The van der Waals surface area contributed by atoms with Crippen LogP contribution < -0.4 is 10.2 Å². The molecule has 23 heavy (non-hydrogen) atoms. The first-order valence-corrected chi connectivity index (χ1v) is 7.19. The molecule has 0 aliphatic carbocycles. The molecular formula is C17H14ClN3O2. The van der Waals surface area contributed by atoms with Gasteiger partial charge in [0.2, 0.25) is 0 Å². The van der Waals surface area contributed by atoms with E-state index in [1.807, 2.05) is 24.3 Å². The van der Waals surface area contributed by atoms with Crippen molar-refractivity contribution in [1.29, 1.82) is 5.26 Å². The number of nitriles is 1. The van der Waals surface area contributed by atoms with Gasteiger partial charge in [-0.05, 0) is 37.3 Å². The zero-order chi connectivity index (χ0) is 16.7. The van der Waals surface area contributed by atoms with E-state index in [4.69, 9.17) is 21.6 Å². The average Bonchev–Trinajstić information content (AvgIpc) is 2.58. The van der Waals surface area contributed by atoms with Crippen molar-refractivity contribution in [3.63, 3.8) is 0 Å². The molecule has 0 aromatic heterocycles. The van der Waals surface area contributed by atoms with E-state index in [-0.39, 0.29) is 12.5 Å². The number of hydrogen-bond donors (Lipinski definition) is 1. The minimum Gasteiger partial charge on any atom is -0.484 e. The lowest BCUT2D eigenvalue weighted by molar-refractivity contribution is -0.123. The molecule has 2 aromatic carbocycles. The lowest BCUT2D eigenvalue weighted by Crippen LogP contribution is -2.25. The summed E-state index contributed by atoms with van der Waals surface area (Å²) in [5, 5.41) is 13.3. The molecule has 0 aliphatic heterocycles. The van der Waals surface area contributed by atoms with Gasteiger partial charge >= 0.3 is 0 Å². The number of benzene rings is 2. The second-order valence-electron chi connectivity index (χ2n) is 4.64. The Balaban J connectivity index is 1.88. The molecule has 1 N–H and O–H groups in total. The predicted molar refractivity (Wildman–Crippen MR) is 88.5 cm³/mol. The Kier molecular flexibility index (Phi) is 5.73. The zero-order valence-electron chi connectivity index (χ0n) is 12.4. The number of nitrogens with zero attached hydrogens (tertiary/aromatic N) is 2. The molecule has 0 atom stereocenters. The van der Waals surface area contributed by atoms with Crippen LogP contribution in [-0.2, 0) is 4.79 Å². The van der Waals surface area contributed by atoms with E-state index < -0.39 is 0 Å². The number of hydrogen-bond acceptors (Lipinski definition) is 4. The Morgan fingerprint density at radius 3 is 2.61 bits per heavy atom. The maximum absolute atomic E-state index is 11.7. The number of hydrazone groups is 1. The van der Waals surface area contributed by atoms with Crippen LogP contribution in [0.5, 0.6) is 5.75 Å². The number of carbonyl (C=O) groups is 1. The number of ether oxygens (including phenoxy) is 1. The number of rotatable bonds is 5. The maximum atomic E-state index is 11.7. The van der Waals surface area contributed by atoms with Crippen LogP contribution in [0.4, 0.5) is 0 Å². The highest BCUT2D eigenvalue weighted by molar-refractivity contribution is 6.34. The molecule has 0 radical (unpaired) electrons. The van der Waals surface area contributed by atoms with Crippen molar-refractivity contribution in [2.45, 2.75) is 6.92 Å². The van der Waals surface area contributed by atoms with E-state index in [1.54, 1.807) is 37.3 Å². The summed E-state index contributed by atoms with van der Waals surface area (Å²) in [6.07, 6.45) is 0. The summed E-state index contributed by atoms with van der Waals surface area (Å²) in [6, 6.07) is 15.7. The summed E-state index contributed by atoms with van der Waals surface area (Å²) in [6.45, 7) is 1.58. The summed E-state index contributed by atoms with van der Waals surface area (Å²) in [7, 11) is 0. The van der Waals surface area contributed by atoms with Gasteiger partial charge in [0.1, 0.15) is 5.75 Å². The van der Waals surface area contributed by atoms with Crippen molar-refractivity contribution in [3.8, 4) is 11.8 Å². The predicted octanol–water partition coefficient (Wildman–Crippen LogP) is 3.13. The van der Waals surface area contributed by atoms with Gasteiger partial charge in [-0.1, -0.05) is 29.8 Å². The average molecular weight is 328 g/mol. The van der Waals surface area contributed by atoms with Gasteiger partial charge < -0.3 is 4.74 Å². The fourth-order valence-electron chi connectivity index (χ4n) is 1.77. The van der Waals surface area contributed by atoms with Gasteiger partial charge in [-0.3, -0.25) is 4.79 Å². The Morgan fingerprint density at radius 1 is 1.26 bits per heavy atom. The molecule has 0 unspecified atom stereocenters. The highest BCUT2D eigenvalue weighted by atomic mass is 35.5. The minimum atomic E-state index is -0.388. The van der Waals surface area contributed by atoms with E-state index in [9.17, 15) is 4.79 Å². The molecule has 2 rings (SSSR count). The van der Waals surface area contributed by atoms with Gasteiger partial charge in [0.05, 0.1) is 17.3 Å². The van der Waals surface area contributed by atoms with E-state index in [1.165, 1.54) is 0 Å².